The van der Waals surface area contributed by atoms with Gasteiger partial charge in [0.1, 0.15) is 18.2 Å². The van der Waals surface area contributed by atoms with Crippen molar-refractivity contribution in [2.45, 2.75) is 13.0 Å². The maximum atomic E-state index is 13.8. The van der Waals surface area contributed by atoms with Crippen molar-refractivity contribution in [1.82, 2.24) is 10.7 Å². The van der Waals surface area contributed by atoms with Crippen LogP contribution in [0.2, 0.25) is 0 Å². The minimum absolute atomic E-state index is 0.0192. The number of halogens is 2. The lowest BCUT2D eigenvalue weighted by Gasteiger charge is -2.28. The number of amides is 2. The first-order chi connectivity index (χ1) is 12.5. The summed E-state index contributed by atoms with van der Waals surface area (Å²) in [6.45, 7) is 1.33. The Bertz CT molecular complexity index is 871. The van der Waals surface area contributed by atoms with Gasteiger partial charge in [0.25, 0.3) is 11.8 Å². The number of hydrogen-bond acceptors (Lipinski definition) is 4. The van der Waals surface area contributed by atoms with Crippen LogP contribution in [0.15, 0.2) is 53.5 Å². The van der Waals surface area contributed by atoms with Crippen molar-refractivity contribution in [1.29, 1.82) is 0 Å². The topological polar surface area (TPSA) is 73.8 Å². The third-order valence-corrected chi connectivity index (χ3v) is 3.84. The van der Waals surface area contributed by atoms with E-state index < -0.39 is 23.6 Å². The molecule has 1 aliphatic rings. The molecule has 8 heteroatoms. The van der Waals surface area contributed by atoms with Gasteiger partial charge in [-0.05, 0) is 37.3 Å². The van der Waals surface area contributed by atoms with Crippen LogP contribution < -0.4 is 15.8 Å². The van der Waals surface area contributed by atoms with E-state index in [2.05, 4.69) is 15.7 Å². The van der Waals surface area contributed by atoms with Crippen molar-refractivity contribution < 1.29 is 18.4 Å². The highest BCUT2D eigenvalue weighted by Crippen LogP contribution is 2.18. The number of para-hydroxylation sites is 1. The Labute approximate surface area is 148 Å². The monoisotopic (exact) mass is 358 g/mol. The summed E-state index contributed by atoms with van der Waals surface area (Å²) < 4.78 is 27.2. The molecule has 2 N–H and O–H groups in total. The average Bonchev–Trinajstić information content (AvgIpc) is 2.64. The number of nitrogens with zero attached hydrogens (tertiary/aromatic N) is 2. The van der Waals surface area contributed by atoms with Gasteiger partial charge in [-0.15, -0.1) is 0 Å². The summed E-state index contributed by atoms with van der Waals surface area (Å²) in [7, 11) is 0. The van der Waals surface area contributed by atoms with E-state index >= 15 is 0 Å². The molecule has 0 radical (unpaired) electrons. The van der Waals surface area contributed by atoms with E-state index in [1.165, 1.54) is 11.9 Å². The van der Waals surface area contributed by atoms with Gasteiger partial charge in [-0.3, -0.25) is 20.0 Å². The third-order valence-electron chi connectivity index (χ3n) is 3.84. The molecule has 0 saturated heterocycles. The average molecular weight is 358 g/mol. The molecule has 1 heterocycles. The van der Waals surface area contributed by atoms with Gasteiger partial charge in [-0.25, -0.2) is 13.8 Å². The smallest absolute Gasteiger partial charge is 0.288 e. The molecule has 0 saturated carbocycles. The molecule has 1 atom stereocenters. The van der Waals surface area contributed by atoms with Crippen LogP contribution in [0.1, 0.15) is 18.5 Å². The third kappa shape index (κ3) is 3.69. The fraction of sp³-hybridized carbons (Fsp3) is 0.167. The Morgan fingerprint density at radius 2 is 1.96 bits per heavy atom. The zero-order valence-electron chi connectivity index (χ0n) is 13.9. The maximum Gasteiger partial charge on any atom is 0.288 e. The lowest BCUT2D eigenvalue weighted by Crippen LogP contribution is -2.56. The number of nitrogens with one attached hydrogen (secondary N) is 2. The molecule has 2 amide bonds. The van der Waals surface area contributed by atoms with Gasteiger partial charge < -0.3 is 5.32 Å². The minimum atomic E-state index is -0.787. The normalized spacial score (nSPS) is 15.1. The van der Waals surface area contributed by atoms with Crippen LogP contribution in [-0.2, 0) is 9.59 Å². The predicted octanol–water partition coefficient (Wildman–Crippen LogP) is 2.09. The molecular weight excluding hydrogens is 342 g/mol. The molecular formula is C18H16F2N4O2. The molecule has 0 bridgehead atoms. The van der Waals surface area contributed by atoms with Crippen LogP contribution in [0, 0.1) is 11.6 Å². The van der Waals surface area contributed by atoms with E-state index in [9.17, 15) is 18.4 Å². The van der Waals surface area contributed by atoms with E-state index in [0.29, 0.717) is 5.69 Å². The summed E-state index contributed by atoms with van der Waals surface area (Å²) in [5.41, 5.74) is 3.23. The van der Waals surface area contributed by atoms with Crippen LogP contribution >= 0.6 is 0 Å². The number of hydrazine groups is 1. The van der Waals surface area contributed by atoms with Crippen LogP contribution in [0.5, 0.6) is 0 Å². The van der Waals surface area contributed by atoms with Crippen LogP contribution in [-0.4, -0.2) is 24.2 Å². The summed E-state index contributed by atoms with van der Waals surface area (Å²) in [4.78, 5) is 28.3. The second kappa shape index (κ2) is 7.30. The quantitative estimate of drug-likeness (QED) is 0.879. The summed E-state index contributed by atoms with van der Waals surface area (Å²) in [5.74, 6) is -2.26. The molecule has 1 aliphatic heterocycles. The van der Waals surface area contributed by atoms with Crippen LogP contribution in [0.4, 0.5) is 14.5 Å². The van der Waals surface area contributed by atoms with Gasteiger partial charge in [-0.1, -0.05) is 18.2 Å². The largest absolute Gasteiger partial charge is 0.343 e. The molecule has 0 aromatic heterocycles. The fourth-order valence-electron chi connectivity index (χ4n) is 2.52. The summed E-state index contributed by atoms with van der Waals surface area (Å²) >= 11 is 0. The van der Waals surface area contributed by atoms with Crippen molar-refractivity contribution in [2.24, 2.45) is 4.99 Å². The Kier molecular flexibility index (Phi) is 4.92. The number of rotatable bonds is 4. The minimum Gasteiger partial charge on any atom is -0.343 e. The number of carbonyl (C=O) groups is 2. The van der Waals surface area contributed by atoms with Gasteiger partial charge >= 0.3 is 0 Å². The zero-order chi connectivity index (χ0) is 18.7. The highest BCUT2D eigenvalue weighted by atomic mass is 19.1. The second-order valence-electron chi connectivity index (χ2n) is 5.70. The highest BCUT2D eigenvalue weighted by molar-refractivity contribution is 6.39. The van der Waals surface area contributed by atoms with Gasteiger partial charge in [0, 0.05) is 5.56 Å². The Balaban J connectivity index is 1.73. The van der Waals surface area contributed by atoms with Crippen molar-refractivity contribution in [3.8, 4) is 0 Å². The molecule has 0 aliphatic carbocycles. The number of anilines is 1. The molecule has 2 aromatic rings. The first kappa shape index (κ1) is 17.5. The predicted molar refractivity (Wildman–Crippen MR) is 92.3 cm³/mol. The summed E-state index contributed by atoms with van der Waals surface area (Å²) in [6.07, 6.45) is 0. The van der Waals surface area contributed by atoms with Gasteiger partial charge in [0.15, 0.2) is 0 Å². The van der Waals surface area contributed by atoms with E-state index in [-0.39, 0.29) is 23.9 Å². The Hall–Kier alpha value is -3.29. The molecule has 2 aromatic carbocycles. The Morgan fingerprint density at radius 1 is 1.23 bits per heavy atom. The van der Waals surface area contributed by atoms with Gasteiger partial charge in [0.05, 0.1) is 11.7 Å². The van der Waals surface area contributed by atoms with E-state index in [4.69, 9.17) is 0 Å². The van der Waals surface area contributed by atoms with E-state index in [1.807, 2.05) is 0 Å². The SMILES string of the molecule is CC(NC(=O)C1=NCC(=O)N(c2ccccc2)N1)c1cc(F)ccc1F. The lowest BCUT2D eigenvalue weighted by molar-refractivity contribution is -0.118. The molecule has 6 nitrogen and oxygen atoms in total. The van der Waals surface area contributed by atoms with Crippen molar-refractivity contribution in [3.05, 3.63) is 65.7 Å². The van der Waals surface area contributed by atoms with E-state index in [0.717, 1.165) is 18.2 Å². The van der Waals surface area contributed by atoms with Crippen LogP contribution in [0.3, 0.4) is 0 Å². The number of amidine groups is 1. The zero-order valence-corrected chi connectivity index (χ0v) is 13.9. The molecule has 0 spiro atoms. The fourth-order valence-corrected chi connectivity index (χ4v) is 2.52. The molecule has 26 heavy (non-hydrogen) atoms. The number of carbonyl (C=O) groups excluding carboxylic acids is 2. The maximum absolute atomic E-state index is 13.8. The second-order valence-corrected chi connectivity index (χ2v) is 5.70. The summed E-state index contributed by atoms with van der Waals surface area (Å²) in [6, 6.07) is 11.0. The van der Waals surface area contributed by atoms with Crippen molar-refractivity contribution >= 4 is 23.3 Å². The highest BCUT2D eigenvalue weighted by Gasteiger charge is 2.26. The number of hydrogen-bond donors (Lipinski definition) is 2. The molecule has 1 unspecified atom stereocenters. The number of aliphatic imine (C=N–C) groups is 1. The molecule has 134 valence electrons. The standard InChI is InChI=1S/C18H16F2N4O2/c1-11(14-9-12(19)7-8-15(14)20)22-18(26)17-21-10-16(25)24(23-17)13-5-3-2-4-6-13/h2-9,11H,10H2,1H3,(H,21,23)(H,22,26). The van der Waals surface area contributed by atoms with E-state index in [1.54, 1.807) is 30.3 Å². The first-order valence-corrected chi connectivity index (χ1v) is 7.90. The van der Waals surface area contributed by atoms with Crippen molar-refractivity contribution in [2.75, 3.05) is 11.6 Å². The Morgan fingerprint density at radius 3 is 2.69 bits per heavy atom. The first-order valence-electron chi connectivity index (χ1n) is 7.90. The number of benzene rings is 2. The van der Waals surface area contributed by atoms with Crippen molar-refractivity contribution in [3.63, 3.8) is 0 Å². The summed E-state index contributed by atoms with van der Waals surface area (Å²) in [5, 5.41) is 3.76. The van der Waals surface area contributed by atoms with Gasteiger partial charge in [-0.2, -0.15) is 0 Å². The van der Waals surface area contributed by atoms with Gasteiger partial charge in [0.2, 0.25) is 5.84 Å². The molecule has 3 rings (SSSR count). The lowest BCUT2D eigenvalue weighted by atomic mass is 10.1. The van der Waals surface area contributed by atoms with Crippen LogP contribution in [0.25, 0.3) is 0 Å². The molecule has 0 fully saturated rings.